The highest BCUT2D eigenvalue weighted by molar-refractivity contribution is 6.14. The summed E-state index contributed by atoms with van der Waals surface area (Å²) in [5.41, 5.74) is 13.7. The first-order chi connectivity index (χ1) is 24.5. The number of anilines is 2. The van der Waals surface area contributed by atoms with Crippen LogP contribution in [0.1, 0.15) is 37.0 Å². The second-order valence-electron chi connectivity index (χ2n) is 14.4. The van der Waals surface area contributed by atoms with E-state index in [1.54, 1.807) is 0 Å². The summed E-state index contributed by atoms with van der Waals surface area (Å²) in [5, 5.41) is 4.95. The fourth-order valence-electron chi connectivity index (χ4n) is 9.17. The van der Waals surface area contributed by atoms with Crippen LogP contribution in [0.2, 0.25) is 0 Å². The number of rotatable bonds is 2. The monoisotopic (exact) mass is 644 g/mol. The van der Waals surface area contributed by atoms with Crippen molar-refractivity contribution in [3.8, 4) is 16.8 Å². The Kier molecular flexibility index (Phi) is 5.41. The van der Waals surface area contributed by atoms with Crippen LogP contribution in [-0.4, -0.2) is 10.6 Å². The number of para-hydroxylation sites is 2. The molecule has 0 radical (unpaired) electrons. The lowest BCUT2D eigenvalue weighted by molar-refractivity contribution is 0.569. The topological polar surface area (TPSA) is 38.4 Å². The van der Waals surface area contributed by atoms with Crippen molar-refractivity contribution in [2.75, 3.05) is 4.90 Å². The summed E-state index contributed by atoms with van der Waals surface area (Å²) in [7, 11) is 0. The zero-order valence-corrected chi connectivity index (χ0v) is 27.8. The molecule has 4 nitrogen and oxygen atoms in total. The van der Waals surface area contributed by atoms with Crippen LogP contribution in [0.4, 0.5) is 11.4 Å². The molecular formula is C46H32N2O2. The normalized spacial score (nSPS) is 17.0. The highest BCUT2D eigenvalue weighted by Gasteiger charge is 2.38. The van der Waals surface area contributed by atoms with E-state index in [4.69, 9.17) is 4.42 Å². The standard InChI is InChI=1S/C46H32N2O2/c1-46(2)38-17-9-6-14-29(38)33-24-36-34-22-28(20-21-41(34)47(43(36)26-39(33)46)27-12-4-3-5-13-27)48-40-18-10-7-15-30(40)35-23-32-31-16-8-11-19-44(31)50-45(49)37(32)25-42(35)48/h3-17,19-26,40H,18H2,1-2H3. The van der Waals surface area contributed by atoms with E-state index in [-0.39, 0.29) is 17.1 Å². The molecule has 2 aliphatic carbocycles. The molecule has 6 aromatic carbocycles. The predicted molar refractivity (Wildman–Crippen MR) is 206 cm³/mol. The van der Waals surface area contributed by atoms with E-state index < -0.39 is 0 Å². The molecule has 0 N–H and O–H groups in total. The molecule has 50 heavy (non-hydrogen) atoms. The minimum atomic E-state index is -0.304. The van der Waals surface area contributed by atoms with E-state index >= 15 is 0 Å². The van der Waals surface area contributed by atoms with Crippen LogP contribution in [0.25, 0.3) is 65.9 Å². The summed E-state index contributed by atoms with van der Waals surface area (Å²) in [6.07, 6.45) is 7.54. The molecule has 0 spiro atoms. The molecule has 11 rings (SSSR count). The van der Waals surface area contributed by atoms with Crippen molar-refractivity contribution in [1.82, 2.24) is 4.57 Å². The molecule has 1 aliphatic heterocycles. The maximum atomic E-state index is 13.4. The van der Waals surface area contributed by atoms with E-state index in [1.165, 1.54) is 55.2 Å². The van der Waals surface area contributed by atoms with Gasteiger partial charge < -0.3 is 13.9 Å². The Morgan fingerprint density at radius 3 is 2.32 bits per heavy atom. The number of fused-ring (bicyclic) bond motifs is 12. The third-order valence-corrected chi connectivity index (χ3v) is 11.5. The lowest BCUT2D eigenvalue weighted by Crippen LogP contribution is -2.27. The van der Waals surface area contributed by atoms with Gasteiger partial charge in [0.1, 0.15) is 5.58 Å². The van der Waals surface area contributed by atoms with Crippen molar-refractivity contribution in [3.63, 3.8) is 0 Å². The SMILES string of the molecule is CC1(C)c2ccccc2-c2cc3c4cc(N5c6cc7c(=O)oc8ccccc8c7cc6C6=CC=CCC65)ccc4n(-c4ccccc4)c3cc21. The van der Waals surface area contributed by atoms with Crippen LogP contribution in [0.15, 0.2) is 149 Å². The Balaban J connectivity index is 1.19. The molecule has 0 bridgehead atoms. The molecule has 0 saturated carbocycles. The van der Waals surface area contributed by atoms with E-state index in [1.807, 2.05) is 24.3 Å². The minimum Gasteiger partial charge on any atom is -0.422 e. The Morgan fingerprint density at radius 1 is 0.640 bits per heavy atom. The van der Waals surface area contributed by atoms with Gasteiger partial charge in [0.05, 0.1) is 28.1 Å². The fourth-order valence-corrected chi connectivity index (χ4v) is 9.17. The summed E-state index contributed by atoms with van der Waals surface area (Å²) in [5.74, 6) is 0. The van der Waals surface area contributed by atoms with Gasteiger partial charge in [-0.2, -0.15) is 0 Å². The molecular weight excluding hydrogens is 613 g/mol. The van der Waals surface area contributed by atoms with Gasteiger partial charge in [0.15, 0.2) is 0 Å². The highest BCUT2D eigenvalue weighted by atomic mass is 16.4. The van der Waals surface area contributed by atoms with Crippen LogP contribution in [0, 0.1) is 0 Å². The first-order valence-corrected chi connectivity index (χ1v) is 17.4. The van der Waals surface area contributed by atoms with Gasteiger partial charge in [-0.05, 0) is 94.9 Å². The van der Waals surface area contributed by atoms with Crippen molar-refractivity contribution >= 4 is 60.5 Å². The largest absolute Gasteiger partial charge is 0.422 e. The molecule has 8 aromatic rings. The lowest BCUT2D eigenvalue weighted by Gasteiger charge is -2.28. The minimum absolute atomic E-state index is 0.0967. The van der Waals surface area contributed by atoms with E-state index in [9.17, 15) is 4.79 Å². The first-order valence-electron chi connectivity index (χ1n) is 17.4. The van der Waals surface area contributed by atoms with Gasteiger partial charge in [-0.3, -0.25) is 0 Å². The van der Waals surface area contributed by atoms with Crippen LogP contribution in [0.5, 0.6) is 0 Å². The van der Waals surface area contributed by atoms with Crippen molar-refractivity contribution in [1.29, 1.82) is 0 Å². The van der Waals surface area contributed by atoms with Crippen LogP contribution in [-0.2, 0) is 5.41 Å². The van der Waals surface area contributed by atoms with Crippen molar-refractivity contribution in [2.24, 2.45) is 0 Å². The number of nitrogens with zero attached hydrogens (tertiary/aromatic N) is 2. The van der Waals surface area contributed by atoms with Gasteiger partial charge in [-0.15, -0.1) is 0 Å². The molecule has 0 saturated heterocycles. The fraction of sp³-hybridized carbons (Fsp3) is 0.109. The average Bonchev–Trinajstić information content (AvgIpc) is 3.73. The quantitative estimate of drug-likeness (QED) is 0.139. The second-order valence-corrected chi connectivity index (χ2v) is 14.4. The van der Waals surface area contributed by atoms with E-state index in [0.717, 1.165) is 34.3 Å². The Morgan fingerprint density at radius 2 is 1.42 bits per heavy atom. The highest BCUT2D eigenvalue weighted by Crippen LogP contribution is 2.53. The smallest absolute Gasteiger partial charge is 0.344 e. The van der Waals surface area contributed by atoms with Gasteiger partial charge in [0.2, 0.25) is 0 Å². The zero-order chi connectivity index (χ0) is 33.3. The number of aromatic nitrogens is 1. The Labute approximate surface area is 288 Å². The molecule has 3 aliphatic rings. The molecule has 0 fully saturated rings. The molecule has 3 heterocycles. The molecule has 1 atom stereocenters. The Hall–Kier alpha value is -6.13. The van der Waals surface area contributed by atoms with Crippen molar-refractivity contribution in [2.45, 2.75) is 31.7 Å². The second kappa shape index (κ2) is 9.73. The third-order valence-electron chi connectivity index (χ3n) is 11.5. The van der Waals surface area contributed by atoms with E-state index in [2.05, 4.69) is 139 Å². The van der Waals surface area contributed by atoms with Crippen LogP contribution < -0.4 is 10.5 Å². The van der Waals surface area contributed by atoms with Crippen molar-refractivity contribution < 1.29 is 4.42 Å². The van der Waals surface area contributed by atoms with Gasteiger partial charge in [0, 0.05) is 43.9 Å². The zero-order valence-electron chi connectivity index (χ0n) is 27.8. The summed E-state index contributed by atoms with van der Waals surface area (Å²) >= 11 is 0. The van der Waals surface area contributed by atoms with Gasteiger partial charge in [0.25, 0.3) is 0 Å². The number of hydrogen-bond donors (Lipinski definition) is 0. The summed E-state index contributed by atoms with van der Waals surface area (Å²) in [4.78, 5) is 15.9. The third kappa shape index (κ3) is 3.57. The number of hydrogen-bond acceptors (Lipinski definition) is 3. The van der Waals surface area contributed by atoms with Gasteiger partial charge in [-0.1, -0.05) is 92.7 Å². The van der Waals surface area contributed by atoms with Crippen LogP contribution in [0.3, 0.4) is 0 Å². The number of benzene rings is 6. The average molecular weight is 645 g/mol. The Bertz CT molecular complexity index is 2900. The molecule has 238 valence electrons. The number of allylic oxidation sites excluding steroid dienone is 2. The molecule has 2 aromatic heterocycles. The van der Waals surface area contributed by atoms with Crippen molar-refractivity contribution in [3.05, 3.63) is 167 Å². The molecule has 0 amide bonds. The molecule has 4 heteroatoms. The van der Waals surface area contributed by atoms with Gasteiger partial charge in [-0.25, -0.2) is 4.79 Å². The van der Waals surface area contributed by atoms with E-state index in [0.29, 0.717) is 11.0 Å². The predicted octanol–water partition coefficient (Wildman–Crippen LogP) is 11.2. The summed E-state index contributed by atoms with van der Waals surface area (Å²) < 4.78 is 8.24. The van der Waals surface area contributed by atoms with Gasteiger partial charge >= 0.3 is 5.63 Å². The summed E-state index contributed by atoms with van der Waals surface area (Å²) in [6.45, 7) is 4.69. The maximum Gasteiger partial charge on any atom is 0.344 e. The lowest BCUT2D eigenvalue weighted by atomic mass is 9.82. The van der Waals surface area contributed by atoms with Crippen LogP contribution >= 0.6 is 0 Å². The molecule has 1 unspecified atom stereocenters. The first kappa shape index (κ1) is 27.8. The maximum absolute atomic E-state index is 13.4. The summed E-state index contributed by atoms with van der Waals surface area (Å²) in [6, 6.07) is 43.6.